The van der Waals surface area contributed by atoms with Crippen LogP contribution in [0.3, 0.4) is 0 Å². The van der Waals surface area contributed by atoms with Crippen molar-refractivity contribution in [3.63, 3.8) is 0 Å². The van der Waals surface area contributed by atoms with E-state index in [1.54, 1.807) is 6.92 Å². The number of aryl methyl sites for hydroxylation is 1. The summed E-state index contributed by atoms with van der Waals surface area (Å²) in [6.45, 7) is 1.80. The average Bonchev–Trinajstić information content (AvgIpc) is 3.21. The van der Waals surface area contributed by atoms with Crippen molar-refractivity contribution in [3.05, 3.63) is 59.9 Å². The number of halogens is 2. The largest absolute Gasteiger partial charge is 0.326 e. The quantitative estimate of drug-likeness (QED) is 0.623. The number of rotatable bonds is 5. The highest BCUT2D eigenvalue weighted by Gasteiger charge is 2.33. The van der Waals surface area contributed by atoms with Gasteiger partial charge in [-0.05, 0) is 60.5 Å². The highest BCUT2D eigenvalue weighted by Crippen LogP contribution is 2.27. The van der Waals surface area contributed by atoms with Gasteiger partial charge < -0.3 is 5.32 Å². The number of benzene rings is 2. The monoisotopic (exact) mass is 462 g/mol. The van der Waals surface area contributed by atoms with Crippen molar-refractivity contribution in [3.8, 4) is 5.69 Å². The molecule has 2 aromatic carbocycles. The Morgan fingerprint density at radius 1 is 1.09 bits per heavy atom. The molecule has 3 aromatic rings. The van der Waals surface area contributed by atoms with Crippen LogP contribution >= 0.6 is 0 Å². The number of carbonyl (C=O) groups is 1. The maximum Gasteiger partial charge on any atom is 0.245 e. The summed E-state index contributed by atoms with van der Waals surface area (Å²) in [4.78, 5) is 12.3. The van der Waals surface area contributed by atoms with E-state index in [9.17, 15) is 22.0 Å². The van der Waals surface area contributed by atoms with E-state index in [0.29, 0.717) is 11.5 Å². The molecular formula is C20H20F2N6O3S. The minimum Gasteiger partial charge on any atom is -0.326 e. The minimum absolute atomic E-state index is 0.0905. The summed E-state index contributed by atoms with van der Waals surface area (Å²) >= 11 is 0. The number of carbonyl (C=O) groups excluding carboxylic acids is 1. The number of nitrogens with one attached hydrogen (secondary N) is 1. The molecule has 12 heteroatoms. The van der Waals surface area contributed by atoms with E-state index in [-0.39, 0.29) is 42.4 Å². The summed E-state index contributed by atoms with van der Waals surface area (Å²) in [7, 11) is -3.98. The van der Waals surface area contributed by atoms with Crippen LogP contribution in [-0.4, -0.2) is 51.9 Å². The number of aromatic nitrogens is 4. The van der Waals surface area contributed by atoms with Gasteiger partial charge in [-0.15, -0.1) is 5.10 Å². The van der Waals surface area contributed by atoms with Gasteiger partial charge in [0.25, 0.3) is 0 Å². The number of anilines is 1. The lowest BCUT2D eigenvalue weighted by Crippen LogP contribution is -2.41. The summed E-state index contributed by atoms with van der Waals surface area (Å²) in [6.07, 6.45) is 0.555. The fraction of sp³-hybridized carbons (Fsp3) is 0.300. The second kappa shape index (κ2) is 8.71. The van der Waals surface area contributed by atoms with Crippen molar-refractivity contribution in [2.24, 2.45) is 5.92 Å². The van der Waals surface area contributed by atoms with Gasteiger partial charge in [0.05, 0.1) is 0 Å². The Kier molecular flexibility index (Phi) is 5.98. The van der Waals surface area contributed by atoms with Gasteiger partial charge in [-0.3, -0.25) is 4.79 Å². The number of sulfonamides is 1. The smallest absolute Gasteiger partial charge is 0.245 e. The Labute approximate surface area is 183 Å². The second-order valence-electron chi connectivity index (χ2n) is 7.40. The molecule has 1 fully saturated rings. The Balaban J connectivity index is 1.43. The van der Waals surface area contributed by atoms with Crippen LogP contribution in [0.1, 0.15) is 18.7 Å². The van der Waals surface area contributed by atoms with E-state index >= 15 is 0 Å². The molecule has 0 spiro atoms. The molecule has 1 N–H and O–H groups in total. The predicted octanol–water partition coefficient (Wildman–Crippen LogP) is 2.29. The van der Waals surface area contributed by atoms with Gasteiger partial charge in [-0.2, -0.15) is 8.99 Å². The predicted molar refractivity (Wildman–Crippen MR) is 110 cm³/mol. The molecule has 2 heterocycles. The second-order valence-corrected chi connectivity index (χ2v) is 9.31. The molecule has 0 radical (unpaired) electrons. The van der Waals surface area contributed by atoms with Crippen LogP contribution in [-0.2, 0) is 14.8 Å². The first-order valence-corrected chi connectivity index (χ1v) is 11.3. The highest BCUT2D eigenvalue weighted by atomic mass is 32.2. The SMILES string of the molecule is Cc1nnnn1-c1cc(NC(=O)C2CCN(S(=O)(=O)c3ccccc3F)CC2)ccc1F. The molecule has 1 aliphatic rings. The summed E-state index contributed by atoms with van der Waals surface area (Å²) in [5, 5.41) is 13.7. The number of tetrazole rings is 1. The molecular weight excluding hydrogens is 442 g/mol. The van der Waals surface area contributed by atoms with Crippen molar-refractivity contribution < 1.29 is 22.0 Å². The third-order valence-electron chi connectivity index (χ3n) is 5.35. The fourth-order valence-corrected chi connectivity index (χ4v) is 5.14. The van der Waals surface area contributed by atoms with Gasteiger partial charge in [0.15, 0.2) is 5.82 Å². The summed E-state index contributed by atoms with van der Waals surface area (Å²) in [6, 6.07) is 9.26. The van der Waals surface area contributed by atoms with Gasteiger partial charge in [0, 0.05) is 24.7 Å². The summed E-state index contributed by atoms with van der Waals surface area (Å²) < 4.78 is 56.0. The molecule has 1 saturated heterocycles. The molecule has 32 heavy (non-hydrogen) atoms. The maximum absolute atomic E-state index is 14.2. The summed E-state index contributed by atoms with van der Waals surface area (Å²) in [5.74, 6) is -1.72. The maximum atomic E-state index is 14.2. The molecule has 0 unspecified atom stereocenters. The molecule has 9 nitrogen and oxygen atoms in total. The highest BCUT2D eigenvalue weighted by molar-refractivity contribution is 7.89. The Hall–Kier alpha value is -3.25. The zero-order valence-electron chi connectivity index (χ0n) is 17.1. The number of hydrogen-bond donors (Lipinski definition) is 1. The molecule has 1 amide bonds. The molecule has 168 valence electrons. The van der Waals surface area contributed by atoms with E-state index < -0.39 is 27.6 Å². The Morgan fingerprint density at radius 2 is 1.81 bits per heavy atom. The third kappa shape index (κ3) is 4.23. The van der Waals surface area contributed by atoms with Crippen LogP contribution in [0.5, 0.6) is 0 Å². The normalized spacial score (nSPS) is 15.6. The van der Waals surface area contributed by atoms with Crippen molar-refractivity contribution in [1.29, 1.82) is 0 Å². The Morgan fingerprint density at radius 3 is 2.47 bits per heavy atom. The van der Waals surface area contributed by atoms with Crippen LogP contribution < -0.4 is 5.32 Å². The first-order valence-electron chi connectivity index (χ1n) is 9.88. The van der Waals surface area contributed by atoms with E-state index in [1.165, 1.54) is 45.4 Å². The lowest BCUT2D eigenvalue weighted by molar-refractivity contribution is -0.120. The summed E-state index contributed by atoms with van der Waals surface area (Å²) in [5.41, 5.74) is 0.457. The van der Waals surface area contributed by atoms with E-state index in [2.05, 4.69) is 20.8 Å². The number of hydrogen-bond acceptors (Lipinski definition) is 6. The van der Waals surface area contributed by atoms with Crippen LogP contribution in [0.15, 0.2) is 47.4 Å². The van der Waals surface area contributed by atoms with Gasteiger partial charge in [0.1, 0.15) is 22.2 Å². The number of piperidine rings is 1. The number of amides is 1. The van der Waals surface area contributed by atoms with Crippen LogP contribution in [0.25, 0.3) is 5.69 Å². The first kappa shape index (κ1) is 22.0. The molecule has 0 aliphatic carbocycles. The van der Waals surface area contributed by atoms with Crippen LogP contribution in [0.2, 0.25) is 0 Å². The van der Waals surface area contributed by atoms with Gasteiger partial charge in [0.2, 0.25) is 15.9 Å². The van der Waals surface area contributed by atoms with Crippen molar-refractivity contribution >= 4 is 21.6 Å². The minimum atomic E-state index is -3.98. The molecule has 0 atom stereocenters. The lowest BCUT2D eigenvalue weighted by Gasteiger charge is -2.30. The van der Waals surface area contributed by atoms with Crippen molar-refractivity contribution in [2.75, 3.05) is 18.4 Å². The first-order chi connectivity index (χ1) is 15.3. The zero-order chi connectivity index (χ0) is 22.9. The van der Waals surface area contributed by atoms with Crippen molar-refractivity contribution in [1.82, 2.24) is 24.5 Å². The lowest BCUT2D eigenvalue weighted by atomic mass is 9.97. The molecule has 0 saturated carbocycles. The van der Waals surface area contributed by atoms with E-state index in [1.807, 2.05) is 0 Å². The van der Waals surface area contributed by atoms with E-state index in [4.69, 9.17) is 0 Å². The van der Waals surface area contributed by atoms with Crippen molar-refractivity contribution in [2.45, 2.75) is 24.7 Å². The Bertz CT molecular complexity index is 1260. The fourth-order valence-electron chi connectivity index (χ4n) is 3.60. The standard InChI is InChI=1S/C20H20F2N6O3S/c1-13-24-25-26-28(13)18-12-15(6-7-16(18)21)23-20(29)14-8-10-27(11-9-14)32(30,31)19-5-3-2-4-17(19)22/h2-7,12,14H,8-11H2,1H3,(H,23,29). The molecule has 4 rings (SSSR count). The van der Waals surface area contributed by atoms with Gasteiger partial charge >= 0.3 is 0 Å². The van der Waals surface area contributed by atoms with Gasteiger partial charge in [-0.1, -0.05) is 12.1 Å². The molecule has 0 bridgehead atoms. The zero-order valence-corrected chi connectivity index (χ0v) is 17.9. The van der Waals surface area contributed by atoms with E-state index in [0.717, 1.165) is 6.07 Å². The molecule has 1 aliphatic heterocycles. The molecule has 1 aromatic heterocycles. The average molecular weight is 462 g/mol. The third-order valence-corrected chi connectivity index (χ3v) is 7.28. The number of nitrogens with zero attached hydrogens (tertiary/aromatic N) is 5. The van der Waals surface area contributed by atoms with Gasteiger partial charge in [-0.25, -0.2) is 17.2 Å². The topological polar surface area (TPSA) is 110 Å². The van der Waals surface area contributed by atoms with Crippen LogP contribution in [0.4, 0.5) is 14.5 Å². The van der Waals surface area contributed by atoms with Crippen LogP contribution in [0, 0.1) is 24.5 Å².